The molecular weight excluding hydrogens is 284 g/mol. The van der Waals surface area contributed by atoms with Crippen molar-refractivity contribution in [1.82, 2.24) is 14.5 Å². The highest BCUT2D eigenvalue weighted by Crippen LogP contribution is 2.24. The van der Waals surface area contributed by atoms with Crippen molar-refractivity contribution in [2.45, 2.75) is 31.7 Å². The highest BCUT2D eigenvalue weighted by molar-refractivity contribution is 5.80. The molecule has 1 saturated carbocycles. The van der Waals surface area contributed by atoms with E-state index in [2.05, 4.69) is 5.32 Å². The van der Waals surface area contributed by atoms with Crippen LogP contribution in [0.5, 0.6) is 0 Å². The highest BCUT2D eigenvalue weighted by atomic mass is 16.2. The maximum Gasteiger partial charge on any atom is 0.332 e. The molecule has 1 aliphatic heterocycles. The van der Waals surface area contributed by atoms with E-state index in [0.29, 0.717) is 18.4 Å². The Kier molecular flexibility index (Phi) is 3.80. The molecule has 1 atom stereocenters. The number of hydrogen-bond acceptors (Lipinski definition) is 4. The van der Waals surface area contributed by atoms with Crippen LogP contribution < -0.4 is 21.5 Å². The number of rotatable bonds is 3. The lowest BCUT2D eigenvalue weighted by Crippen LogP contribution is -2.47. The summed E-state index contributed by atoms with van der Waals surface area (Å²) in [5, 5.41) is 3.04. The number of hydrogen-bond donors (Lipinski definition) is 1. The second-order valence-electron chi connectivity index (χ2n) is 6.31. The summed E-state index contributed by atoms with van der Waals surface area (Å²) in [7, 11) is 3.13. The SMILES string of the molecule is Cn1c(N2CCCC(C(=O)NC3CC3)C2)cc(=O)n(C)c1=O. The van der Waals surface area contributed by atoms with Crippen LogP contribution in [0.15, 0.2) is 15.7 Å². The van der Waals surface area contributed by atoms with E-state index in [1.54, 1.807) is 7.05 Å². The third-order valence-corrected chi connectivity index (χ3v) is 4.54. The van der Waals surface area contributed by atoms with Crippen molar-refractivity contribution in [3.63, 3.8) is 0 Å². The second kappa shape index (κ2) is 5.62. The molecule has 3 rings (SSSR count). The van der Waals surface area contributed by atoms with Crippen LogP contribution in [0.2, 0.25) is 0 Å². The zero-order valence-corrected chi connectivity index (χ0v) is 13.0. The van der Waals surface area contributed by atoms with E-state index in [4.69, 9.17) is 0 Å². The molecule has 1 N–H and O–H groups in total. The van der Waals surface area contributed by atoms with Crippen molar-refractivity contribution >= 4 is 11.7 Å². The van der Waals surface area contributed by atoms with Crippen LogP contribution in [0, 0.1) is 5.92 Å². The van der Waals surface area contributed by atoms with Crippen LogP contribution in [-0.2, 0) is 18.9 Å². The predicted octanol–water partition coefficient (Wildman–Crippen LogP) is -0.421. The van der Waals surface area contributed by atoms with Gasteiger partial charge < -0.3 is 10.2 Å². The Hall–Kier alpha value is -2.05. The van der Waals surface area contributed by atoms with Crippen LogP contribution >= 0.6 is 0 Å². The number of piperidine rings is 1. The summed E-state index contributed by atoms with van der Waals surface area (Å²) >= 11 is 0. The average molecular weight is 306 g/mol. The molecule has 1 aromatic heterocycles. The fourth-order valence-corrected chi connectivity index (χ4v) is 2.97. The molecular formula is C15H22N4O3. The second-order valence-corrected chi connectivity index (χ2v) is 6.31. The number of carbonyl (C=O) groups excluding carboxylic acids is 1. The van der Waals surface area contributed by atoms with E-state index in [1.165, 1.54) is 17.7 Å². The van der Waals surface area contributed by atoms with Gasteiger partial charge in [-0.15, -0.1) is 0 Å². The maximum atomic E-state index is 12.2. The van der Waals surface area contributed by atoms with Gasteiger partial charge in [0.2, 0.25) is 5.91 Å². The van der Waals surface area contributed by atoms with E-state index in [9.17, 15) is 14.4 Å². The van der Waals surface area contributed by atoms with Gasteiger partial charge in [0, 0.05) is 39.3 Å². The number of nitrogens with zero attached hydrogens (tertiary/aromatic N) is 3. The number of nitrogens with one attached hydrogen (secondary N) is 1. The minimum Gasteiger partial charge on any atom is -0.357 e. The fraction of sp³-hybridized carbons (Fsp3) is 0.667. The Balaban J connectivity index is 1.81. The van der Waals surface area contributed by atoms with Crippen molar-refractivity contribution in [2.75, 3.05) is 18.0 Å². The van der Waals surface area contributed by atoms with Gasteiger partial charge in [-0.25, -0.2) is 4.79 Å². The highest BCUT2D eigenvalue weighted by Gasteiger charge is 2.31. The monoisotopic (exact) mass is 306 g/mol. The fourth-order valence-electron chi connectivity index (χ4n) is 2.97. The van der Waals surface area contributed by atoms with Crippen molar-refractivity contribution in [3.8, 4) is 0 Å². The Labute approximate surface area is 128 Å². The number of aromatic nitrogens is 2. The predicted molar refractivity (Wildman–Crippen MR) is 83.0 cm³/mol. The van der Waals surface area contributed by atoms with Gasteiger partial charge in [0.25, 0.3) is 5.56 Å². The van der Waals surface area contributed by atoms with E-state index in [-0.39, 0.29) is 23.1 Å². The molecule has 1 unspecified atom stereocenters. The largest absolute Gasteiger partial charge is 0.357 e. The first kappa shape index (κ1) is 14.9. The molecule has 1 aromatic rings. The van der Waals surface area contributed by atoms with Gasteiger partial charge in [-0.2, -0.15) is 0 Å². The maximum absolute atomic E-state index is 12.2. The van der Waals surface area contributed by atoms with E-state index >= 15 is 0 Å². The molecule has 0 radical (unpaired) electrons. The number of carbonyl (C=O) groups is 1. The van der Waals surface area contributed by atoms with Gasteiger partial charge in [0.15, 0.2) is 0 Å². The van der Waals surface area contributed by atoms with Crippen molar-refractivity contribution in [2.24, 2.45) is 20.0 Å². The Morgan fingerprint density at radius 3 is 2.59 bits per heavy atom. The lowest BCUT2D eigenvalue weighted by atomic mass is 9.97. The van der Waals surface area contributed by atoms with Gasteiger partial charge in [-0.05, 0) is 25.7 Å². The molecule has 1 saturated heterocycles. The first-order valence-corrected chi connectivity index (χ1v) is 7.79. The summed E-state index contributed by atoms with van der Waals surface area (Å²) in [5.41, 5.74) is -0.658. The number of anilines is 1. The van der Waals surface area contributed by atoms with Crippen molar-refractivity contribution in [1.29, 1.82) is 0 Å². The van der Waals surface area contributed by atoms with Crippen LogP contribution in [-0.4, -0.2) is 34.2 Å². The lowest BCUT2D eigenvalue weighted by Gasteiger charge is -2.34. The molecule has 2 heterocycles. The van der Waals surface area contributed by atoms with Crippen LogP contribution in [0.25, 0.3) is 0 Å². The standard InChI is InChI=1S/C15H22N4O3/c1-17-12(8-13(20)18(2)15(17)22)19-7-3-4-10(9-19)14(21)16-11-5-6-11/h8,10-11H,3-7,9H2,1-2H3,(H,16,21). The summed E-state index contributed by atoms with van der Waals surface area (Å²) in [6, 6.07) is 1.83. The average Bonchev–Trinajstić information content (AvgIpc) is 3.33. The normalized spacial score (nSPS) is 21.7. The van der Waals surface area contributed by atoms with Crippen LogP contribution in [0.4, 0.5) is 5.82 Å². The number of amides is 1. The van der Waals surface area contributed by atoms with Gasteiger partial charge in [-0.1, -0.05) is 0 Å². The third kappa shape index (κ3) is 2.80. The molecule has 1 aliphatic carbocycles. The summed E-state index contributed by atoms with van der Waals surface area (Å²) in [4.78, 5) is 38.1. The topological polar surface area (TPSA) is 76.3 Å². The summed E-state index contributed by atoms with van der Waals surface area (Å²) in [6.07, 6.45) is 3.89. The first-order chi connectivity index (χ1) is 10.5. The molecule has 2 fully saturated rings. The van der Waals surface area contributed by atoms with Crippen molar-refractivity contribution < 1.29 is 4.79 Å². The van der Waals surface area contributed by atoms with Gasteiger partial charge in [0.05, 0.1) is 5.92 Å². The Morgan fingerprint density at radius 1 is 1.18 bits per heavy atom. The summed E-state index contributed by atoms with van der Waals surface area (Å²) in [5.74, 6) is 0.617. The van der Waals surface area contributed by atoms with E-state index in [0.717, 1.165) is 36.8 Å². The minimum atomic E-state index is -0.341. The third-order valence-electron chi connectivity index (χ3n) is 4.54. The first-order valence-electron chi connectivity index (χ1n) is 7.79. The summed E-state index contributed by atoms with van der Waals surface area (Å²) < 4.78 is 2.56. The molecule has 22 heavy (non-hydrogen) atoms. The lowest BCUT2D eigenvalue weighted by molar-refractivity contribution is -0.125. The van der Waals surface area contributed by atoms with Crippen LogP contribution in [0.1, 0.15) is 25.7 Å². The molecule has 120 valence electrons. The van der Waals surface area contributed by atoms with E-state index < -0.39 is 0 Å². The summed E-state index contributed by atoms with van der Waals surface area (Å²) in [6.45, 7) is 1.31. The van der Waals surface area contributed by atoms with Gasteiger partial charge in [-0.3, -0.25) is 18.7 Å². The zero-order chi connectivity index (χ0) is 15.9. The molecule has 0 bridgehead atoms. The van der Waals surface area contributed by atoms with Crippen molar-refractivity contribution in [3.05, 3.63) is 26.9 Å². The smallest absolute Gasteiger partial charge is 0.332 e. The molecule has 7 nitrogen and oxygen atoms in total. The molecule has 1 amide bonds. The quantitative estimate of drug-likeness (QED) is 0.823. The van der Waals surface area contributed by atoms with E-state index in [1.807, 2.05) is 4.90 Å². The minimum absolute atomic E-state index is 0.0755. The Bertz CT molecular complexity index is 702. The molecule has 2 aliphatic rings. The van der Waals surface area contributed by atoms with Crippen LogP contribution in [0.3, 0.4) is 0 Å². The Morgan fingerprint density at radius 2 is 1.91 bits per heavy atom. The molecule has 7 heteroatoms. The molecule has 0 aromatic carbocycles. The zero-order valence-electron chi connectivity index (χ0n) is 13.0. The van der Waals surface area contributed by atoms with Gasteiger partial charge in [0.1, 0.15) is 5.82 Å². The van der Waals surface area contributed by atoms with Gasteiger partial charge >= 0.3 is 5.69 Å². The molecule has 0 spiro atoms.